The zero-order chi connectivity index (χ0) is 17.9. The lowest BCUT2D eigenvalue weighted by atomic mass is 9.79. The van der Waals surface area contributed by atoms with E-state index < -0.39 is 5.97 Å². The Morgan fingerprint density at radius 3 is 2.68 bits per heavy atom. The van der Waals surface area contributed by atoms with Gasteiger partial charge in [-0.25, -0.2) is 9.78 Å². The van der Waals surface area contributed by atoms with E-state index in [4.69, 9.17) is 10.1 Å². The molecule has 1 unspecified atom stereocenters. The number of benzene rings is 1. The quantitative estimate of drug-likeness (QED) is 0.782. The predicted octanol–water partition coefficient (Wildman–Crippen LogP) is 4.65. The van der Waals surface area contributed by atoms with Crippen LogP contribution < -0.4 is 0 Å². The van der Waals surface area contributed by atoms with Gasteiger partial charge in [0.15, 0.2) is 0 Å². The summed E-state index contributed by atoms with van der Waals surface area (Å²) in [4.78, 5) is 18.9. The van der Waals surface area contributed by atoms with Crippen molar-refractivity contribution in [3.8, 4) is 0 Å². The molecule has 0 radical (unpaired) electrons. The first-order chi connectivity index (χ1) is 12.0. The molecule has 1 aromatic carbocycles. The number of carboxylic acid groups (broad SMARTS) is 1. The number of hydrogen-bond acceptors (Lipinski definition) is 2. The molecule has 1 aliphatic carbocycles. The number of aromatic amines is 1. The van der Waals surface area contributed by atoms with E-state index >= 15 is 0 Å². The number of aliphatic carboxylic acids is 1. The van der Waals surface area contributed by atoms with Gasteiger partial charge in [0.2, 0.25) is 0 Å². The number of allylic oxidation sites excluding steroid dienone is 2. The zero-order valence-corrected chi connectivity index (χ0v) is 14.5. The molecule has 128 valence electrons. The number of rotatable bonds is 5. The van der Waals surface area contributed by atoms with Crippen LogP contribution >= 0.6 is 0 Å². The van der Waals surface area contributed by atoms with Gasteiger partial charge in [-0.2, -0.15) is 0 Å². The largest absolute Gasteiger partial charge is 0.478 e. The molecule has 1 aromatic heterocycles. The van der Waals surface area contributed by atoms with Gasteiger partial charge in [0.25, 0.3) is 0 Å². The van der Waals surface area contributed by atoms with Gasteiger partial charge in [-0.15, -0.1) is 0 Å². The summed E-state index contributed by atoms with van der Waals surface area (Å²) in [5.74, 6) is 0.00527. The molecule has 0 aliphatic heterocycles. The lowest BCUT2D eigenvalue weighted by Gasteiger charge is -2.27. The molecule has 1 aliphatic rings. The minimum Gasteiger partial charge on any atom is -0.478 e. The van der Waals surface area contributed by atoms with E-state index in [1.165, 1.54) is 0 Å². The third-order valence-corrected chi connectivity index (χ3v) is 4.79. The van der Waals surface area contributed by atoms with Gasteiger partial charge in [-0.05, 0) is 49.1 Å². The molecule has 3 rings (SSSR count). The fraction of sp³-hybridized carbons (Fsp3) is 0.238. The van der Waals surface area contributed by atoms with Gasteiger partial charge < -0.3 is 10.1 Å². The minimum atomic E-state index is -0.944. The minimum absolute atomic E-state index is 0.233. The molecule has 4 heteroatoms. The smallest absolute Gasteiger partial charge is 0.328 e. The Kier molecular flexibility index (Phi) is 4.70. The summed E-state index contributed by atoms with van der Waals surface area (Å²) < 4.78 is 0. The van der Waals surface area contributed by atoms with Crippen molar-refractivity contribution in [2.45, 2.75) is 32.1 Å². The Balaban J connectivity index is 1.95. The van der Waals surface area contributed by atoms with Crippen molar-refractivity contribution in [1.29, 1.82) is 0 Å². The molecule has 0 spiro atoms. The van der Waals surface area contributed by atoms with E-state index in [1.54, 1.807) is 6.08 Å². The standard InChI is InChI=1S/C21H22N2O2/c1-3-21(2,16-12-9-15(10-13-16)11-14-19(24)25)20-22-17-7-5-4-6-8-18(17)23-20/h5-14H,3-4H2,1-2H3,(H,22,23)(H,24,25)/b14-11+. The number of nitrogens with zero attached hydrogens (tertiary/aromatic N) is 1. The van der Waals surface area contributed by atoms with Gasteiger partial charge in [-0.3, -0.25) is 0 Å². The summed E-state index contributed by atoms with van der Waals surface area (Å²) in [7, 11) is 0. The zero-order valence-electron chi connectivity index (χ0n) is 14.5. The molecule has 2 N–H and O–H groups in total. The fourth-order valence-electron chi connectivity index (χ4n) is 3.00. The van der Waals surface area contributed by atoms with Gasteiger partial charge in [0, 0.05) is 6.08 Å². The van der Waals surface area contributed by atoms with Crippen molar-refractivity contribution >= 4 is 24.2 Å². The van der Waals surface area contributed by atoms with E-state index in [9.17, 15) is 4.79 Å². The number of imidazole rings is 1. The average Bonchev–Trinajstić information content (AvgIpc) is 2.91. The molecule has 0 bridgehead atoms. The highest BCUT2D eigenvalue weighted by molar-refractivity contribution is 5.85. The second kappa shape index (κ2) is 6.93. The van der Waals surface area contributed by atoms with E-state index in [1.807, 2.05) is 24.3 Å². The van der Waals surface area contributed by atoms with Gasteiger partial charge in [-0.1, -0.05) is 43.3 Å². The van der Waals surface area contributed by atoms with Crippen LogP contribution in [0.25, 0.3) is 18.2 Å². The molecule has 0 fully saturated rings. The van der Waals surface area contributed by atoms with E-state index in [2.05, 4.69) is 43.1 Å². The van der Waals surface area contributed by atoms with Crippen LogP contribution in [0.2, 0.25) is 0 Å². The molecule has 1 heterocycles. The van der Waals surface area contributed by atoms with Crippen LogP contribution in [-0.2, 0) is 10.2 Å². The molecule has 25 heavy (non-hydrogen) atoms. The molecule has 0 saturated heterocycles. The number of aromatic nitrogens is 2. The molecular weight excluding hydrogens is 312 g/mol. The van der Waals surface area contributed by atoms with Crippen molar-refractivity contribution in [3.63, 3.8) is 0 Å². The summed E-state index contributed by atoms with van der Waals surface area (Å²) in [6, 6.07) is 7.97. The highest BCUT2D eigenvalue weighted by atomic mass is 16.4. The second-order valence-corrected chi connectivity index (χ2v) is 6.40. The summed E-state index contributed by atoms with van der Waals surface area (Å²) in [5, 5.41) is 8.74. The average molecular weight is 334 g/mol. The summed E-state index contributed by atoms with van der Waals surface area (Å²) in [6.45, 7) is 4.33. The maximum absolute atomic E-state index is 10.6. The van der Waals surface area contributed by atoms with Crippen molar-refractivity contribution in [2.75, 3.05) is 0 Å². The van der Waals surface area contributed by atoms with Crippen LogP contribution in [0.4, 0.5) is 0 Å². The normalized spacial score (nSPS) is 15.8. The van der Waals surface area contributed by atoms with Crippen LogP contribution in [0, 0.1) is 0 Å². The topological polar surface area (TPSA) is 66.0 Å². The highest BCUT2D eigenvalue weighted by Gasteiger charge is 2.31. The molecule has 1 atom stereocenters. The molecule has 2 aromatic rings. The molecule has 0 amide bonds. The monoisotopic (exact) mass is 334 g/mol. The Hall–Kier alpha value is -2.88. The Morgan fingerprint density at radius 2 is 2.00 bits per heavy atom. The Morgan fingerprint density at radius 1 is 1.28 bits per heavy atom. The van der Waals surface area contributed by atoms with E-state index in [0.717, 1.165) is 47.3 Å². The third kappa shape index (κ3) is 3.48. The summed E-state index contributed by atoms with van der Waals surface area (Å²) >= 11 is 0. The first kappa shape index (κ1) is 17.0. The lowest BCUT2D eigenvalue weighted by molar-refractivity contribution is -0.131. The van der Waals surface area contributed by atoms with Crippen molar-refractivity contribution in [2.24, 2.45) is 0 Å². The number of H-pyrrole nitrogens is 1. The van der Waals surface area contributed by atoms with Crippen molar-refractivity contribution < 1.29 is 9.90 Å². The maximum atomic E-state index is 10.6. The van der Waals surface area contributed by atoms with Crippen LogP contribution in [0.15, 0.2) is 42.5 Å². The van der Waals surface area contributed by atoms with Gasteiger partial charge >= 0.3 is 5.97 Å². The van der Waals surface area contributed by atoms with Crippen molar-refractivity contribution in [1.82, 2.24) is 9.97 Å². The second-order valence-electron chi connectivity index (χ2n) is 6.40. The van der Waals surface area contributed by atoms with E-state index in [0.29, 0.717) is 0 Å². The van der Waals surface area contributed by atoms with Crippen LogP contribution in [-0.4, -0.2) is 21.0 Å². The highest BCUT2D eigenvalue weighted by Crippen LogP contribution is 2.35. The van der Waals surface area contributed by atoms with Gasteiger partial charge in [0.05, 0.1) is 16.8 Å². The maximum Gasteiger partial charge on any atom is 0.328 e. The third-order valence-electron chi connectivity index (χ3n) is 4.79. The summed E-state index contributed by atoms with van der Waals surface area (Å²) in [6.07, 6.45) is 13.0. The predicted molar refractivity (Wildman–Crippen MR) is 101 cm³/mol. The Bertz CT molecular complexity index is 827. The number of fused-ring (bicyclic) bond motifs is 1. The van der Waals surface area contributed by atoms with Crippen LogP contribution in [0.5, 0.6) is 0 Å². The van der Waals surface area contributed by atoms with Crippen LogP contribution in [0.3, 0.4) is 0 Å². The number of carbonyl (C=O) groups is 1. The van der Waals surface area contributed by atoms with Gasteiger partial charge in [0.1, 0.15) is 5.82 Å². The Labute approximate surface area is 147 Å². The number of hydrogen-bond donors (Lipinski definition) is 2. The van der Waals surface area contributed by atoms with Crippen molar-refractivity contribution in [3.05, 3.63) is 70.8 Å². The first-order valence-corrected chi connectivity index (χ1v) is 8.48. The summed E-state index contributed by atoms with van der Waals surface area (Å²) in [5.41, 5.74) is 3.81. The van der Waals surface area contributed by atoms with Crippen LogP contribution in [0.1, 0.15) is 55.0 Å². The lowest BCUT2D eigenvalue weighted by Crippen LogP contribution is -2.24. The molecule has 4 nitrogen and oxygen atoms in total. The molecular formula is C21H22N2O2. The first-order valence-electron chi connectivity index (χ1n) is 8.48. The number of carboxylic acids is 1. The van der Waals surface area contributed by atoms with E-state index in [-0.39, 0.29) is 5.41 Å². The fourth-order valence-corrected chi connectivity index (χ4v) is 3.00. The molecule has 0 saturated carbocycles. The SMILES string of the molecule is CCC(C)(c1ccc(/C=C/C(=O)O)cc1)c1nc2c([nH]1)C=CCC=C2. The number of nitrogens with one attached hydrogen (secondary N) is 1.